The molecule has 0 saturated heterocycles. The first-order valence-electron chi connectivity index (χ1n) is 7.59. The summed E-state index contributed by atoms with van der Waals surface area (Å²) in [5, 5.41) is 0.474. The number of halogens is 2. The Bertz CT molecular complexity index is 1040. The van der Waals surface area contributed by atoms with Gasteiger partial charge in [0, 0.05) is 6.54 Å². The zero-order valence-corrected chi connectivity index (χ0v) is 15.1. The van der Waals surface area contributed by atoms with Gasteiger partial charge in [-0.25, -0.2) is 9.78 Å². The maximum atomic E-state index is 12.4. The molecular weight excluding hydrogens is 363 g/mol. The van der Waals surface area contributed by atoms with Crippen LogP contribution in [0.15, 0.2) is 41.2 Å². The van der Waals surface area contributed by atoms with Crippen LogP contribution >= 0.6 is 23.2 Å². The molecule has 128 valence electrons. The minimum Gasteiger partial charge on any atom is -0.421 e. The van der Waals surface area contributed by atoms with E-state index in [9.17, 15) is 9.59 Å². The summed E-state index contributed by atoms with van der Waals surface area (Å²) in [4.78, 5) is 28.8. The Labute approximate surface area is 153 Å². The van der Waals surface area contributed by atoms with Crippen LogP contribution in [-0.2, 0) is 6.54 Å². The van der Waals surface area contributed by atoms with E-state index in [1.807, 2.05) is 6.92 Å². The predicted molar refractivity (Wildman–Crippen MR) is 97.8 cm³/mol. The molecule has 0 aliphatic rings. The second-order valence-corrected chi connectivity index (χ2v) is 6.18. The summed E-state index contributed by atoms with van der Waals surface area (Å²) in [5.74, 6) is -0.401. The summed E-state index contributed by atoms with van der Waals surface area (Å²) in [5.41, 5.74) is 1.74. The Kier molecular flexibility index (Phi) is 4.79. The average Bonchev–Trinajstić information content (AvgIpc) is 2.59. The van der Waals surface area contributed by atoms with Gasteiger partial charge in [-0.15, -0.1) is 0 Å². The monoisotopic (exact) mass is 376 g/mol. The summed E-state index contributed by atoms with van der Waals surface area (Å²) in [6, 6.07) is 9.67. The van der Waals surface area contributed by atoms with Crippen LogP contribution < -0.4 is 10.3 Å². The van der Waals surface area contributed by atoms with Crippen molar-refractivity contribution in [2.24, 2.45) is 0 Å². The molecule has 25 heavy (non-hydrogen) atoms. The van der Waals surface area contributed by atoms with Crippen LogP contribution in [-0.4, -0.2) is 15.5 Å². The van der Waals surface area contributed by atoms with Crippen LogP contribution in [0.2, 0.25) is 10.0 Å². The largest absolute Gasteiger partial charge is 0.421 e. The SMILES string of the molecule is CCn1c(=O)c(C)nc2cc(C(=O)Oc3cccc(Cl)c3Cl)ccc21. The van der Waals surface area contributed by atoms with Crippen molar-refractivity contribution in [3.05, 3.63) is 68.1 Å². The number of aromatic nitrogens is 2. The molecule has 0 aliphatic heterocycles. The van der Waals surface area contributed by atoms with E-state index in [1.165, 1.54) is 0 Å². The van der Waals surface area contributed by atoms with Crippen LogP contribution in [0.25, 0.3) is 11.0 Å². The molecule has 7 heteroatoms. The predicted octanol–water partition coefficient (Wildman–Crippen LogP) is 4.25. The van der Waals surface area contributed by atoms with Gasteiger partial charge in [-0.1, -0.05) is 29.3 Å². The van der Waals surface area contributed by atoms with Gasteiger partial charge in [0.15, 0.2) is 5.75 Å². The molecule has 0 saturated carbocycles. The lowest BCUT2D eigenvalue weighted by Crippen LogP contribution is -2.23. The highest BCUT2D eigenvalue weighted by Crippen LogP contribution is 2.32. The number of benzene rings is 2. The van der Waals surface area contributed by atoms with E-state index in [-0.39, 0.29) is 16.3 Å². The molecule has 2 aromatic carbocycles. The van der Waals surface area contributed by atoms with E-state index in [2.05, 4.69) is 4.98 Å². The quantitative estimate of drug-likeness (QED) is 0.506. The van der Waals surface area contributed by atoms with Crippen molar-refractivity contribution in [1.82, 2.24) is 9.55 Å². The molecule has 0 atom stereocenters. The fourth-order valence-corrected chi connectivity index (χ4v) is 2.87. The Hall–Kier alpha value is -2.37. The molecule has 0 bridgehead atoms. The Morgan fingerprint density at radius 2 is 2.00 bits per heavy atom. The Morgan fingerprint density at radius 3 is 2.72 bits per heavy atom. The number of rotatable bonds is 3. The Morgan fingerprint density at radius 1 is 1.24 bits per heavy atom. The van der Waals surface area contributed by atoms with Crippen LogP contribution in [0.4, 0.5) is 0 Å². The molecule has 0 radical (unpaired) electrons. The maximum absolute atomic E-state index is 12.4. The first-order valence-corrected chi connectivity index (χ1v) is 8.35. The topological polar surface area (TPSA) is 61.2 Å². The third-order valence-corrected chi connectivity index (χ3v) is 4.58. The van der Waals surface area contributed by atoms with Gasteiger partial charge in [0.25, 0.3) is 5.56 Å². The summed E-state index contributed by atoms with van der Waals surface area (Å²) in [6.07, 6.45) is 0. The molecule has 0 fully saturated rings. The second-order valence-electron chi connectivity index (χ2n) is 5.39. The Balaban J connectivity index is 2.02. The van der Waals surface area contributed by atoms with Crippen molar-refractivity contribution in [2.45, 2.75) is 20.4 Å². The van der Waals surface area contributed by atoms with Gasteiger partial charge in [0.1, 0.15) is 10.7 Å². The zero-order chi connectivity index (χ0) is 18.1. The smallest absolute Gasteiger partial charge is 0.343 e. The highest BCUT2D eigenvalue weighted by Gasteiger charge is 2.15. The molecule has 1 aromatic heterocycles. The summed E-state index contributed by atoms with van der Waals surface area (Å²) in [7, 11) is 0. The van der Waals surface area contributed by atoms with Gasteiger partial charge in [0.05, 0.1) is 21.6 Å². The van der Waals surface area contributed by atoms with Gasteiger partial charge in [0.2, 0.25) is 0 Å². The van der Waals surface area contributed by atoms with Crippen molar-refractivity contribution in [3.63, 3.8) is 0 Å². The van der Waals surface area contributed by atoms with E-state index in [1.54, 1.807) is 47.9 Å². The first kappa shape index (κ1) is 17.5. The van der Waals surface area contributed by atoms with Crippen molar-refractivity contribution >= 4 is 40.2 Å². The summed E-state index contributed by atoms with van der Waals surface area (Å²) < 4.78 is 6.93. The van der Waals surface area contributed by atoms with E-state index in [4.69, 9.17) is 27.9 Å². The standard InChI is InChI=1S/C18H14Cl2N2O3/c1-3-22-14-8-7-11(9-13(14)21-10(2)17(22)23)18(24)25-15-6-4-5-12(19)16(15)20/h4-9H,3H2,1-2H3. The third-order valence-electron chi connectivity index (χ3n) is 3.78. The number of carbonyl (C=O) groups excluding carboxylic acids is 1. The van der Waals surface area contributed by atoms with E-state index in [0.717, 1.165) is 0 Å². The molecular formula is C18H14Cl2N2O3. The molecule has 3 rings (SSSR count). The lowest BCUT2D eigenvalue weighted by Gasteiger charge is -2.10. The number of nitrogens with zero attached hydrogens (tertiary/aromatic N) is 2. The molecule has 0 spiro atoms. The number of hydrogen-bond acceptors (Lipinski definition) is 4. The first-order chi connectivity index (χ1) is 11.9. The second kappa shape index (κ2) is 6.86. The van der Waals surface area contributed by atoms with Gasteiger partial charge < -0.3 is 9.30 Å². The molecule has 5 nitrogen and oxygen atoms in total. The lowest BCUT2D eigenvalue weighted by molar-refractivity contribution is 0.0735. The number of hydrogen-bond donors (Lipinski definition) is 0. The molecule has 0 unspecified atom stereocenters. The van der Waals surface area contributed by atoms with E-state index in [0.29, 0.717) is 33.9 Å². The molecule has 0 N–H and O–H groups in total. The molecule has 0 amide bonds. The number of ether oxygens (including phenoxy) is 1. The molecule has 3 aromatic rings. The van der Waals surface area contributed by atoms with Crippen LogP contribution in [0.3, 0.4) is 0 Å². The van der Waals surface area contributed by atoms with Crippen LogP contribution in [0.5, 0.6) is 5.75 Å². The third kappa shape index (κ3) is 3.25. The van der Waals surface area contributed by atoms with Gasteiger partial charge in [-0.3, -0.25) is 4.79 Å². The summed E-state index contributed by atoms with van der Waals surface area (Å²) >= 11 is 12.0. The van der Waals surface area contributed by atoms with Crippen LogP contribution in [0, 0.1) is 6.92 Å². The van der Waals surface area contributed by atoms with Crippen LogP contribution in [0.1, 0.15) is 23.0 Å². The van der Waals surface area contributed by atoms with E-state index >= 15 is 0 Å². The minimum absolute atomic E-state index is 0.143. The number of fused-ring (bicyclic) bond motifs is 1. The number of aryl methyl sites for hydroxylation is 2. The summed E-state index contributed by atoms with van der Waals surface area (Å²) in [6.45, 7) is 4.04. The highest BCUT2D eigenvalue weighted by molar-refractivity contribution is 6.43. The lowest BCUT2D eigenvalue weighted by atomic mass is 10.2. The minimum atomic E-state index is -0.584. The van der Waals surface area contributed by atoms with Crippen molar-refractivity contribution < 1.29 is 9.53 Å². The van der Waals surface area contributed by atoms with Gasteiger partial charge >= 0.3 is 5.97 Å². The van der Waals surface area contributed by atoms with Gasteiger partial charge in [-0.05, 0) is 44.2 Å². The fourth-order valence-electron chi connectivity index (χ4n) is 2.54. The van der Waals surface area contributed by atoms with Crippen molar-refractivity contribution in [2.75, 3.05) is 0 Å². The number of esters is 1. The average molecular weight is 377 g/mol. The molecule has 0 aliphatic carbocycles. The molecule has 1 heterocycles. The fraction of sp³-hybridized carbons (Fsp3) is 0.167. The normalized spacial score (nSPS) is 10.9. The highest BCUT2D eigenvalue weighted by atomic mass is 35.5. The van der Waals surface area contributed by atoms with Gasteiger partial charge in [-0.2, -0.15) is 0 Å². The van der Waals surface area contributed by atoms with E-state index < -0.39 is 5.97 Å². The number of carbonyl (C=O) groups is 1. The zero-order valence-electron chi connectivity index (χ0n) is 13.5. The maximum Gasteiger partial charge on any atom is 0.343 e. The van der Waals surface area contributed by atoms with Crippen molar-refractivity contribution in [3.8, 4) is 5.75 Å². The van der Waals surface area contributed by atoms with Crippen molar-refractivity contribution in [1.29, 1.82) is 0 Å².